The van der Waals surface area contributed by atoms with Gasteiger partial charge in [-0.15, -0.1) is 0 Å². The van der Waals surface area contributed by atoms with Gasteiger partial charge in [0.2, 0.25) is 0 Å². The highest BCUT2D eigenvalue weighted by molar-refractivity contribution is 6.32. The summed E-state index contributed by atoms with van der Waals surface area (Å²) >= 11 is 6.34. The SMILES string of the molecule is CC(C)c1cc2cc(Cl)c(OCC3CCCC3)cc2[nH]c1=O. The zero-order valence-corrected chi connectivity index (χ0v) is 13.9. The number of hydrogen-bond acceptors (Lipinski definition) is 2. The number of nitrogens with one attached hydrogen (secondary N) is 1. The van der Waals surface area contributed by atoms with Gasteiger partial charge in [-0.05, 0) is 36.8 Å². The van der Waals surface area contributed by atoms with Crippen LogP contribution in [0.2, 0.25) is 5.02 Å². The molecule has 0 amide bonds. The molecule has 118 valence electrons. The van der Waals surface area contributed by atoms with E-state index in [0.29, 0.717) is 23.3 Å². The molecule has 1 aromatic carbocycles. The van der Waals surface area contributed by atoms with Crippen molar-refractivity contribution < 1.29 is 4.74 Å². The normalized spacial score (nSPS) is 15.8. The van der Waals surface area contributed by atoms with Gasteiger partial charge in [-0.25, -0.2) is 0 Å². The van der Waals surface area contributed by atoms with Gasteiger partial charge in [-0.1, -0.05) is 38.3 Å². The van der Waals surface area contributed by atoms with E-state index >= 15 is 0 Å². The predicted molar refractivity (Wildman–Crippen MR) is 91.1 cm³/mol. The van der Waals surface area contributed by atoms with E-state index in [1.165, 1.54) is 25.7 Å². The van der Waals surface area contributed by atoms with Crippen LogP contribution in [0.3, 0.4) is 0 Å². The van der Waals surface area contributed by atoms with Crippen LogP contribution in [-0.2, 0) is 0 Å². The van der Waals surface area contributed by atoms with Gasteiger partial charge in [0.1, 0.15) is 5.75 Å². The van der Waals surface area contributed by atoms with Crippen molar-refractivity contribution >= 4 is 22.5 Å². The van der Waals surface area contributed by atoms with Crippen LogP contribution in [0.1, 0.15) is 51.0 Å². The van der Waals surface area contributed by atoms with Crippen LogP contribution in [0.4, 0.5) is 0 Å². The van der Waals surface area contributed by atoms with Crippen LogP contribution in [-0.4, -0.2) is 11.6 Å². The fourth-order valence-electron chi connectivity index (χ4n) is 3.15. The second-order valence-electron chi connectivity index (χ2n) is 6.54. The molecule has 1 saturated carbocycles. The number of halogens is 1. The molecule has 4 heteroatoms. The monoisotopic (exact) mass is 319 g/mol. The Kier molecular flexibility index (Phi) is 4.44. The van der Waals surface area contributed by atoms with Crippen molar-refractivity contribution in [3.8, 4) is 5.75 Å². The molecule has 0 unspecified atom stereocenters. The van der Waals surface area contributed by atoms with Crippen LogP contribution >= 0.6 is 11.6 Å². The first-order valence-electron chi connectivity index (χ1n) is 8.04. The van der Waals surface area contributed by atoms with E-state index in [2.05, 4.69) is 4.98 Å². The van der Waals surface area contributed by atoms with Gasteiger partial charge in [0.15, 0.2) is 0 Å². The van der Waals surface area contributed by atoms with Crippen molar-refractivity contribution in [2.45, 2.75) is 45.4 Å². The highest BCUT2D eigenvalue weighted by Crippen LogP contribution is 2.32. The minimum Gasteiger partial charge on any atom is -0.492 e. The molecular weight excluding hydrogens is 298 g/mol. The van der Waals surface area contributed by atoms with Crippen molar-refractivity contribution in [2.75, 3.05) is 6.61 Å². The van der Waals surface area contributed by atoms with Crippen LogP contribution in [0.5, 0.6) is 5.75 Å². The smallest absolute Gasteiger partial charge is 0.251 e. The Labute approximate surface area is 135 Å². The van der Waals surface area contributed by atoms with Gasteiger partial charge in [-0.2, -0.15) is 0 Å². The second kappa shape index (κ2) is 6.33. The Bertz CT molecular complexity index is 730. The summed E-state index contributed by atoms with van der Waals surface area (Å²) in [4.78, 5) is 15.0. The lowest BCUT2D eigenvalue weighted by atomic mass is 10.0. The molecule has 0 spiro atoms. The zero-order chi connectivity index (χ0) is 15.7. The number of aromatic nitrogens is 1. The van der Waals surface area contributed by atoms with Gasteiger partial charge in [0.25, 0.3) is 5.56 Å². The quantitative estimate of drug-likeness (QED) is 0.873. The summed E-state index contributed by atoms with van der Waals surface area (Å²) in [6.45, 7) is 4.73. The van der Waals surface area contributed by atoms with Gasteiger partial charge in [-0.3, -0.25) is 4.79 Å². The Hall–Kier alpha value is -1.48. The third-order valence-corrected chi connectivity index (χ3v) is 4.79. The minimum atomic E-state index is -0.0356. The first-order valence-corrected chi connectivity index (χ1v) is 8.41. The Morgan fingerprint density at radius 2 is 2.00 bits per heavy atom. The lowest BCUT2D eigenvalue weighted by Gasteiger charge is -2.14. The maximum absolute atomic E-state index is 12.1. The lowest BCUT2D eigenvalue weighted by Crippen LogP contribution is -2.13. The summed E-state index contributed by atoms with van der Waals surface area (Å²) in [7, 11) is 0. The van der Waals surface area contributed by atoms with Crippen molar-refractivity contribution in [2.24, 2.45) is 5.92 Å². The largest absolute Gasteiger partial charge is 0.492 e. The number of benzene rings is 1. The molecule has 1 fully saturated rings. The molecule has 22 heavy (non-hydrogen) atoms. The maximum atomic E-state index is 12.1. The molecule has 3 rings (SSSR count). The number of hydrogen-bond donors (Lipinski definition) is 1. The Morgan fingerprint density at radius 3 is 2.68 bits per heavy atom. The van der Waals surface area contributed by atoms with Gasteiger partial charge < -0.3 is 9.72 Å². The number of ether oxygens (including phenoxy) is 1. The fraction of sp³-hybridized carbons (Fsp3) is 0.500. The molecule has 0 radical (unpaired) electrons. The molecule has 1 heterocycles. The third-order valence-electron chi connectivity index (χ3n) is 4.50. The van der Waals surface area contributed by atoms with E-state index in [4.69, 9.17) is 16.3 Å². The average molecular weight is 320 g/mol. The molecule has 1 N–H and O–H groups in total. The number of fused-ring (bicyclic) bond motifs is 1. The first kappa shape index (κ1) is 15.4. The van der Waals surface area contributed by atoms with E-state index in [1.807, 2.05) is 32.0 Å². The molecular formula is C18H22ClNO2. The summed E-state index contributed by atoms with van der Waals surface area (Å²) in [5.74, 6) is 1.48. The van der Waals surface area contributed by atoms with Crippen LogP contribution in [0.25, 0.3) is 10.9 Å². The number of H-pyrrole nitrogens is 1. The standard InChI is InChI=1S/C18H22ClNO2/c1-11(2)14-7-13-8-15(19)17(9-16(13)20-18(14)21)22-10-12-5-3-4-6-12/h7-9,11-12H,3-6,10H2,1-2H3,(H,20,21). The molecule has 0 atom stereocenters. The van der Waals surface area contributed by atoms with Crippen LogP contribution < -0.4 is 10.3 Å². The predicted octanol–water partition coefficient (Wildman–Crippen LogP) is 4.87. The van der Waals surface area contributed by atoms with Gasteiger partial charge in [0.05, 0.1) is 17.1 Å². The molecule has 0 saturated heterocycles. The highest BCUT2D eigenvalue weighted by atomic mass is 35.5. The van der Waals surface area contributed by atoms with Crippen molar-refractivity contribution in [3.05, 3.63) is 39.1 Å². The second-order valence-corrected chi connectivity index (χ2v) is 6.95. The summed E-state index contributed by atoms with van der Waals surface area (Å²) in [5, 5.41) is 1.55. The zero-order valence-electron chi connectivity index (χ0n) is 13.1. The molecule has 1 aliphatic rings. The lowest BCUT2D eigenvalue weighted by molar-refractivity contribution is 0.252. The summed E-state index contributed by atoms with van der Waals surface area (Å²) in [5.41, 5.74) is 1.52. The van der Waals surface area contributed by atoms with Crippen LogP contribution in [0.15, 0.2) is 23.0 Å². The molecule has 0 aliphatic heterocycles. The van der Waals surface area contributed by atoms with Gasteiger partial charge in [0, 0.05) is 17.0 Å². The molecule has 1 aliphatic carbocycles. The summed E-state index contributed by atoms with van der Waals surface area (Å²) in [6.07, 6.45) is 5.06. The third kappa shape index (κ3) is 3.14. The van der Waals surface area contributed by atoms with Crippen molar-refractivity contribution in [3.63, 3.8) is 0 Å². The Balaban J connectivity index is 1.90. The minimum absolute atomic E-state index is 0.0356. The number of pyridine rings is 1. The van der Waals surface area contributed by atoms with Crippen LogP contribution in [0, 0.1) is 5.92 Å². The van der Waals surface area contributed by atoms with Crippen molar-refractivity contribution in [1.82, 2.24) is 4.98 Å². The summed E-state index contributed by atoms with van der Waals surface area (Å²) < 4.78 is 5.89. The number of aromatic amines is 1. The first-order chi connectivity index (χ1) is 10.5. The van der Waals surface area contributed by atoms with E-state index < -0.39 is 0 Å². The van der Waals surface area contributed by atoms with E-state index in [-0.39, 0.29) is 11.5 Å². The maximum Gasteiger partial charge on any atom is 0.251 e. The van der Waals surface area contributed by atoms with Gasteiger partial charge >= 0.3 is 0 Å². The summed E-state index contributed by atoms with van der Waals surface area (Å²) in [6, 6.07) is 5.65. The molecule has 1 aromatic heterocycles. The number of rotatable bonds is 4. The highest BCUT2D eigenvalue weighted by Gasteiger charge is 2.17. The van der Waals surface area contributed by atoms with E-state index in [0.717, 1.165) is 16.5 Å². The van der Waals surface area contributed by atoms with E-state index in [1.54, 1.807) is 0 Å². The topological polar surface area (TPSA) is 42.1 Å². The fourth-order valence-corrected chi connectivity index (χ4v) is 3.37. The Morgan fingerprint density at radius 1 is 1.27 bits per heavy atom. The molecule has 0 bridgehead atoms. The van der Waals surface area contributed by atoms with E-state index in [9.17, 15) is 4.79 Å². The average Bonchev–Trinajstić information content (AvgIpc) is 2.98. The molecule has 3 nitrogen and oxygen atoms in total. The molecule has 2 aromatic rings. The van der Waals surface area contributed by atoms with Crippen molar-refractivity contribution in [1.29, 1.82) is 0 Å².